The van der Waals surface area contributed by atoms with Crippen molar-refractivity contribution in [2.24, 2.45) is 5.92 Å². The van der Waals surface area contributed by atoms with E-state index in [2.05, 4.69) is 19.2 Å². The summed E-state index contributed by atoms with van der Waals surface area (Å²) in [5, 5.41) is 12.7. The number of carbonyl (C=O) groups excluding carboxylic acids is 1. The van der Waals surface area contributed by atoms with Crippen LogP contribution in [-0.4, -0.2) is 35.2 Å². The van der Waals surface area contributed by atoms with Crippen LogP contribution in [0.4, 0.5) is 4.79 Å². The predicted octanol–water partition coefficient (Wildman–Crippen LogP) is 3.28. The number of urea groups is 1. The van der Waals surface area contributed by atoms with Gasteiger partial charge in [-0.15, -0.1) is 0 Å². The molecule has 2 N–H and O–H groups in total. The average molecular weight is 313 g/mol. The number of nitrogens with one attached hydrogen (secondary N) is 1. The van der Waals surface area contributed by atoms with Gasteiger partial charge in [0, 0.05) is 30.8 Å². The highest BCUT2D eigenvalue weighted by Crippen LogP contribution is 2.13. The molecule has 0 radical (unpaired) electrons. The molecule has 1 aromatic carbocycles. The van der Waals surface area contributed by atoms with Crippen molar-refractivity contribution in [3.8, 4) is 0 Å². The zero-order valence-electron chi connectivity index (χ0n) is 13.0. The molecule has 0 aliphatic carbocycles. The highest BCUT2D eigenvalue weighted by molar-refractivity contribution is 6.30. The van der Waals surface area contributed by atoms with Crippen LogP contribution >= 0.6 is 11.6 Å². The standard InChI is InChI=1S/C16H25ClN2O2/c1-12(2)13(3)18-16(21)19(8-5-9-20)11-14-6-4-7-15(17)10-14/h4,6-7,10,12-13,20H,5,8-9,11H2,1-3H3,(H,18,21). The molecule has 1 rings (SSSR count). The van der Waals surface area contributed by atoms with E-state index >= 15 is 0 Å². The van der Waals surface area contributed by atoms with Crippen molar-refractivity contribution in [2.75, 3.05) is 13.2 Å². The number of carbonyl (C=O) groups is 1. The maximum Gasteiger partial charge on any atom is 0.317 e. The summed E-state index contributed by atoms with van der Waals surface area (Å²) in [5.41, 5.74) is 0.979. The molecule has 0 saturated carbocycles. The van der Waals surface area contributed by atoms with E-state index in [0.717, 1.165) is 5.56 Å². The molecule has 5 heteroatoms. The Morgan fingerprint density at radius 1 is 1.38 bits per heavy atom. The Kier molecular flexibility index (Phi) is 7.54. The number of hydrogen-bond donors (Lipinski definition) is 2. The van der Waals surface area contributed by atoms with Gasteiger partial charge in [-0.1, -0.05) is 37.6 Å². The number of aliphatic hydroxyl groups excluding tert-OH is 1. The number of amides is 2. The summed E-state index contributed by atoms with van der Waals surface area (Å²) in [6.07, 6.45) is 0.560. The van der Waals surface area contributed by atoms with Crippen molar-refractivity contribution in [1.29, 1.82) is 0 Å². The van der Waals surface area contributed by atoms with Crippen LogP contribution in [0.3, 0.4) is 0 Å². The number of nitrogens with zero attached hydrogens (tertiary/aromatic N) is 1. The second-order valence-corrected chi connectivity index (χ2v) is 6.05. The first-order valence-corrected chi connectivity index (χ1v) is 7.72. The molecule has 0 aliphatic rings. The minimum atomic E-state index is -0.107. The minimum absolute atomic E-state index is 0.0685. The molecule has 1 aromatic rings. The van der Waals surface area contributed by atoms with Gasteiger partial charge in [-0.2, -0.15) is 0 Å². The van der Waals surface area contributed by atoms with Gasteiger partial charge in [0.15, 0.2) is 0 Å². The zero-order chi connectivity index (χ0) is 15.8. The maximum absolute atomic E-state index is 12.4. The van der Waals surface area contributed by atoms with Crippen LogP contribution in [-0.2, 0) is 6.54 Å². The third kappa shape index (κ3) is 6.36. The van der Waals surface area contributed by atoms with Gasteiger partial charge in [0.25, 0.3) is 0 Å². The van der Waals surface area contributed by atoms with Crippen molar-refractivity contribution in [3.05, 3.63) is 34.9 Å². The molecule has 21 heavy (non-hydrogen) atoms. The minimum Gasteiger partial charge on any atom is -0.396 e. The van der Waals surface area contributed by atoms with Crippen LogP contribution in [0, 0.1) is 5.92 Å². The Bertz CT molecular complexity index is 452. The molecule has 0 aliphatic heterocycles. The Balaban J connectivity index is 2.72. The van der Waals surface area contributed by atoms with Crippen LogP contribution in [0.2, 0.25) is 5.02 Å². The normalized spacial score (nSPS) is 12.3. The number of hydrogen-bond acceptors (Lipinski definition) is 2. The molecule has 1 unspecified atom stereocenters. The molecule has 1 atom stereocenters. The van der Waals surface area contributed by atoms with E-state index in [1.165, 1.54) is 0 Å². The van der Waals surface area contributed by atoms with Gasteiger partial charge >= 0.3 is 6.03 Å². The molecule has 118 valence electrons. The summed E-state index contributed by atoms with van der Waals surface area (Å²) in [7, 11) is 0. The molecule has 0 heterocycles. The van der Waals surface area contributed by atoms with Crippen LogP contribution in [0.1, 0.15) is 32.8 Å². The van der Waals surface area contributed by atoms with E-state index in [1.807, 2.05) is 31.2 Å². The van der Waals surface area contributed by atoms with E-state index in [9.17, 15) is 4.79 Å². The molecular formula is C16H25ClN2O2. The Hall–Kier alpha value is -1.26. The summed E-state index contributed by atoms with van der Waals surface area (Å²) in [5.74, 6) is 0.375. The first-order chi connectivity index (χ1) is 9.93. The predicted molar refractivity (Wildman–Crippen MR) is 86.4 cm³/mol. The molecule has 0 fully saturated rings. The van der Waals surface area contributed by atoms with Crippen molar-refractivity contribution in [3.63, 3.8) is 0 Å². The lowest BCUT2D eigenvalue weighted by atomic mass is 10.1. The summed E-state index contributed by atoms with van der Waals surface area (Å²) < 4.78 is 0. The van der Waals surface area contributed by atoms with Gasteiger partial charge in [0.05, 0.1) is 0 Å². The van der Waals surface area contributed by atoms with Crippen LogP contribution in [0.5, 0.6) is 0 Å². The van der Waals surface area contributed by atoms with Crippen LogP contribution in [0.15, 0.2) is 24.3 Å². The van der Waals surface area contributed by atoms with E-state index in [1.54, 1.807) is 4.90 Å². The zero-order valence-corrected chi connectivity index (χ0v) is 13.7. The molecule has 0 saturated heterocycles. The van der Waals surface area contributed by atoms with E-state index < -0.39 is 0 Å². The van der Waals surface area contributed by atoms with Crippen LogP contribution in [0.25, 0.3) is 0 Å². The highest BCUT2D eigenvalue weighted by atomic mass is 35.5. The Labute approximate surface area is 132 Å². The summed E-state index contributed by atoms with van der Waals surface area (Å²) in [4.78, 5) is 14.1. The largest absolute Gasteiger partial charge is 0.396 e. The monoisotopic (exact) mass is 312 g/mol. The molecule has 4 nitrogen and oxygen atoms in total. The van der Waals surface area contributed by atoms with E-state index in [0.29, 0.717) is 30.5 Å². The molecular weight excluding hydrogens is 288 g/mol. The average Bonchev–Trinajstić information content (AvgIpc) is 2.43. The third-order valence-electron chi connectivity index (χ3n) is 3.49. The lowest BCUT2D eigenvalue weighted by molar-refractivity contribution is 0.181. The molecule has 0 spiro atoms. The SMILES string of the molecule is CC(C)C(C)NC(=O)N(CCCO)Cc1cccc(Cl)c1. The summed E-state index contributed by atoms with van der Waals surface area (Å²) in [6.45, 7) is 7.20. The maximum atomic E-state index is 12.4. The fourth-order valence-electron chi connectivity index (χ4n) is 1.82. The van der Waals surface area contributed by atoms with Gasteiger partial charge in [0.2, 0.25) is 0 Å². The fourth-order valence-corrected chi connectivity index (χ4v) is 2.04. The van der Waals surface area contributed by atoms with Gasteiger partial charge in [-0.05, 0) is 37.0 Å². The third-order valence-corrected chi connectivity index (χ3v) is 3.72. The van der Waals surface area contributed by atoms with Crippen molar-refractivity contribution >= 4 is 17.6 Å². The number of rotatable bonds is 7. The van der Waals surface area contributed by atoms with Crippen molar-refractivity contribution in [1.82, 2.24) is 10.2 Å². The second-order valence-electron chi connectivity index (χ2n) is 5.61. The fraction of sp³-hybridized carbons (Fsp3) is 0.562. The van der Waals surface area contributed by atoms with Crippen molar-refractivity contribution < 1.29 is 9.90 Å². The van der Waals surface area contributed by atoms with Gasteiger partial charge in [-0.3, -0.25) is 0 Å². The molecule has 2 amide bonds. The topological polar surface area (TPSA) is 52.6 Å². The van der Waals surface area contributed by atoms with E-state index in [-0.39, 0.29) is 18.7 Å². The van der Waals surface area contributed by atoms with Crippen molar-refractivity contribution in [2.45, 2.75) is 39.8 Å². The molecule has 0 bridgehead atoms. The first kappa shape index (κ1) is 17.8. The van der Waals surface area contributed by atoms with E-state index in [4.69, 9.17) is 16.7 Å². The second kappa shape index (κ2) is 8.90. The van der Waals surface area contributed by atoms with Crippen LogP contribution < -0.4 is 5.32 Å². The van der Waals surface area contributed by atoms with Gasteiger partial charge < -0.3 is 15.3 Å². The lowest BCUT2D eigenvalue weighted by Crippen LogP contribution is -2.45. The smallest absolute Gasteiger partial charge is 0.317 e. The number of benzene rings is 1. The Morgan fingerprint density at radius 2 is 2.10 bits per heavy atom. The van der Waals surface area contributed by atoms with Gasteiger partial charge in [0.1, 0.15) is 0 Å². The highest BCUT2D eigenvalue weighted by Gasteiger charge is 2.17. The quantitative estimate of drug-likeness (QED) is 0.812. The lowest BCUT2D eigenvalue weighted by Gasteiger charge is -2.26. The molecule has 0 aromatic heterocycles. The number of halogens is 1. The van der Waals surface area contributed by atoms with Gasteiger partial charge in [-0.25, -0.2) is 4.79 Å². The summed E-state index contributed by atoms with van der Waals surface area (Å²) in [6, 6.07) is 7.47. The number of aliphatic hydroxyl groups is 1. The first-order valence-electron chi connectivity index (χ1n) is 7.34. The summed E-state index contributed by atoms with van der Waals surface area (Å²) >= 11 is 5.98. The Morgan fingerprint density at radius 3 is 2.67 bits per heavy atom.